The van der Waals surface area contributed by atoms with Gasteiger partial charge in [-0.2, -0.15) is 0 Å². The number of ketones is 1. The summed E-state index contributed by atoms with van der Waals surface area (Å²) >= 11 is 0. The molecule has 0 heterocycles. The molecular weight excluding hydrogens is 176 g/mol. The topological polar surface area (TPSA) is 41.1 Å². The van der Waals surface area contributed by atoms with Gasteiger partial charge in [-0.05, 0) is 18.2 Å². The second-order valence-electron chi connectivity index (χ2n) is 2.80. The molecule has 3 nitrogen and oxygen atoms in total. The van der Waals surface area contributed by atoms with Gasteiger partial charge < -0.3 is 10.6 Å². The highest BCUT2D eigenvalue weighted by atomic mass is 16.1. The Balaban J connectivity index is 3.32. The van der Waals surface area contributed by atoms with E-state index in [0.717, 1.165) is 11.4 Å². The molecule has 2 N–H and O–H groups in total. The van der Waals surface area contributed by atoms with Gasteiger partial charge in [-0.15, -0.1) is 0 Å². The van der Waals surface area contributed by atoms with Crippen LogP contribution >= 0.6 is 0 Å². The van der Waals surface area contributed by atoms with Gasteiger partial charge in [0, 0.05) is 25.5 Å². The van der Waals surface area contributed by atoms with E-state index in [1.54, 1.807) is 14.1 Å². The van der Waals surface area contributed by atoms with Crippen LogP contribution in [0.5, 0.6) is 0 Å². The molecule has 0 spiro atoms. The maximum atomic E-state index is 11.6. The number of nitrogens with one attached hydrogen (secondary N) is 2. The number of carbonyl (C=O) groups excluding carboxylic acids is 1. The predicted octanol–water partition coefficient (Wildman–Crippen LogP) is 2.14. The third-order valence-corrected chi connectivity index (χ3v) is 2.03. The first kappa shape index (κ1) is 10.3. The average Bonchev–Trinajstić information content (AvgIpc) is 2.26. The number of allylic oxidation sites excluding steroid dienone is 1. The maximum absolute atomic E-state index is 11.6. The van der Waals surface area contributed by atoms with Gasteiger partial charge in [-0.3, -0.25) is 4.79 Å². The first-order valence-electron chi connectivity index (χ1n) is 4.40. The molecule has 0 amide bonds. The van der Waals surface area contributed by atoms with Gasteiger partial charge in [0.2, 0.25) is 0 Å². The van der Waals surface area contributed by atoms with Crippen molar-refractivity contribution in [1.82, 2.24) is 0 Å². The van der Waals surface area contributed by atoms with Gasteiger partial charge in [0.1, 0.15) is 0 Å². The SMILES string of the molecule is C=CC(=O)c1c(NC)cccc1NC. The van der Waals surface area contributed by atoms with Crippen molar-refractivity contribution in [1.29, 1.82) is 0 Å². The molecule has 3 heteroatoms. The van der Waals surface area contributed by atoms with Crippen molar-refractivity contribution >= 4 is 17.2 Å². The molecule has 0 bridgehead atoms. The van der Waals surface area contributed by atoms with Gasteiger partial charge in [0.05, 0.1) is 5.56 Å². The monoisotopic (exact) mass is 190 g/mol. The Labute approximate surface area is 83.8 Å². The molecule has 14 heavy (non-hydrogen) atoms. The summed E-state index contributed by atoms with van der Waals surface area (Å²) < 4.78 is 0. The lowest BCUT2D eigenvalue weighted by Gasteiger charge is -2.11. The summed E-state index contributed by atoms with van der Waals surface area (Å²) in [6, 6.07) is 5.60. The summed E-state index contributed by atoms with van der Waals surface area (Å²) in [5.74, 6) is -0.0840. The van der Waals surface area contributed by atoms with Crippen LogP contribution in [0.4, 0.5) is 11.4 Å². The molecule has 0 unspecified atom stereocenters. The van der Waals surface area contributed by atoms with Crippen LogP contribution < -0.4 is 10.6 Å². The van der Waals surface area contributed by atoms with Crippen molar-refractivity contribution in [3.8, 4) is 0 Å². The molecule has 0 aromatic heterocycles. The minimum atomic E-state index is -0.0840. The van der Waals surface area contributed by atoms with Gasteiger partial charge in [0.25, 0.3) is 0 Å². The maximum Gasteiger partial charge on any atom is 0.189 e. The second kappa shape index (κ2) is 4.46. The molecule has 0 radical (unpaired) electrons. The van der Waals surface area contributed by atoms with Crippen LogP contribution in [-0.2, 0) is 0 Å². The van der Waals surface area contributed by atoms with E-state index in [2.05, 4.69) is 17.2 Å². The van der Waals surface area contributed by atoms with Crippen LogP contribution in [0.2, 0.25) is 0 Å². The lowest BCUT2D eigenvalue weighted by Crippen LogP contribution is -2.05. The van der Waals surface area contributed by atoms with Crippen LogP contribution in [0, 0.1) is 0 Å². The number of hydrogen-bond acceptors (Lipinski definition) is 3. The zero-order valence-corrected chi connectivity index (χ0v) is 8.42. The lowest BCUT2D eigenvalue weighted by atomic mass is 10.1. The van der Waals surface area contributed by atoms with Crippen molar-refractivity contribution in [2.75, 3.05) is 24.7 Å². The first-order chi connectivity index (χ1) is 6.74. The Morgan fingerprint density at radius 3 is 2.14 bits per heavy atom. The van der Waals surface area contributed by atoms with E-state index in [1.807, 2.05) is 18.2 Å². The molecule has 1 rings (SSSR count). The van der Waals surface area contributed by atoms with E-state index in [9.17, 15) is 4.79 Å². The van der Waals surface area contributed by atoms with Crippen molar-refractivity contribution in [3.05, 3.63) is 36.4 Å². The van der Waals surface area contributed by atoms with Crippen molar-refractivity contribution < 1.29 is 4.79 Å². The van der Waals surface area contributed by atoms with Gasteiger partial charge in [-0.25, -0.2) is 0 Å². The van der Waals surface area contributed by atoms with Gasteiger partial charge >= 0.3 is 0 Å². The summed E-state index contributed by atoms with van der Waals surface area (Å²) in [7, 11) is 3.57. The van der Waals surface area contributed by atoms with E-state index in [4.69, 9.17) is 0 Å². The number of rotatable bonds is 4. The Kier molecular flexibility index (Phi) is 3.29. The highest BCUT2D eigenvalue weighted by molar-refractivity contribution is 6.12. The lowest BCUT2D eigenvalue weighted by molar-refractivity contribution is 0.104. The standard InChI is InChI=1S/C11H14N2O/c1-4-10(14)11-8(12-2)6-5-7-9(11)13-3/h4-7,12-13H,1H2,2-3H3. The molecule has 0 aliphatic carbocycles. The Bertz CT molecular complexity index is 336. The zero-order valence-electron chi connectivity index (χ0n) is 8.42. The van der Waals surface area contributed by atoms with E-state index < -0.39 is 0 Å². The summed E-state index contributed by atoms with van der Waals surface area (Å²) in [6.45, 7) is 3.48. The van der Waals surface area contributed by atoms with E-state index in [1.165, 1.54) is 6.08 Å². The van der Waals surface area contributed by atoms with Crippen molar-refractivity contribution in [3.63, 3.8) is 0 Å². The van der Waals surface area contributed by atoms with Crippen molar-refractivity contribution in [2.45, 2.75) is 0 Å². The third-order valence-electron chi connectivity index (χ3n) is 2.03. The van der Waals surface area contributed by atoms with Crippen LogP contribution in [0.1, 0.15) is 10.4 Å². The molecule has 1 aromatic rings. The number of anilines is 2. The molecule has 0 saturated carbocycles. The smallest absolute Gasteiger partial charge is 0.189 e. The molecule has 0 aliphatic rings. The minimum Gasteiger partial charge on any atom is -0.387 e. The minimum absolute atomic E-state index is 0.0840. The fourth-order valence-electron chi connectivity index (χ4n) is 1.34. The highest BCUT2D eigenvalue weighted by Gasteiger charge is 2.11. The van der Waals surface area contributed by atoms with Gasteiger partial charge in [-0.1, -0.05) is 12.6 Å². The predicted molar refractivity (Wildman–Crippen MR) is 60.1 cm³/mol. The molecule has 0 fully saturated rings. The number of benzene rings is 1. The molecular formula is C11H14N2O. The van der Waals surface area contributed by atoms with E-state index in [-0.39, 0.29) is 5.78 Å². The fraction of sp³-hybridized carbons (Fsp3) is 0.182. The van der Waals surface area contributed by atoms with Crippen LogP contribution in [0.3, 0.4) is 0 Å². The average molecular weight is 190 g/mol. The summed E-state index contributed by atoms with van der Waals surface area (Å²) in [4.78, 5) is 11.6. The quantitative estimate of drug-likeness (QED) is 0.564. The van der Waals surface area contributed by atoms with Crippen molar-refractivity contribution in [2.24, 2.45) is 0 Å². The molecule has 0 saturated heterocycles. The van der Waals surface area contributed by atoms with Gasteiger partial charge in [0.15, 0.2) is 5.78 Å². The Morgan fingerprint density at radius 2 is 1.79 bits per heavy atom. The van der Waals surface area contributed by atoms with E-state index in [0.29, 0.717) is 5.56 Å². The normalized spacial score (nSPS) is 9.29. The molecule has 1 aromatic carbocycles. The molecule has 0 aliphatic heterocycles. The first-order valence-corrected chi connectivity index (χ1v) is 4.40. The molecule has 74 valence electrons. The zero-order chi connectivity index (χ0) is 10.6. The number of carbonyl (C=O) groups is 1. The van der Waals surface area contributed by atoms with E-state index >= 15 is 0 Å². The highest BCUT2D eigenvalue weighted by Crippen LogP contribution is 2.24. The molecule has 0 atom stereocenters. The largest absolute Gasteiger partial charge is 0.387 e. The summed E-state index contributed by atoms with van der Waals surface area (Å²) in [5, 5.41) is 5.95. The number of hydrogen-bond donors (Lipinski definition) is 2. The van der Waals surface area contributed by atoms with Crippen LogP contribution in [0.15, 0.2) is 30.9 Å². The summed E-state index contributed by atoms with van der Waals surface area (Å²) in [6.07, 6.45) is 1.32. The Hall–Kier alpha value is -1.77. The second-order valence-corrected chi connectivity index (χ2v) is 2.80. The fourth-order valence-corrected chi connectivity index (χ4v) is 1.34. The summed E-state index contributed by atoms with van der Waals surface area (Å²) in [5.41, 5.74) is 2.25. The van der Waals surface area contributed by atoms with Crippen LogP contribution in [0.25, 0.3) is 0 Å². The third kappa shape index (κ3) is 1.76. The van der Waals surface area contributed by atoms with Crippen LogP contribution in [-0.4, -0.2) is 19.9 Å². The Morgan fingerprint density at radius 1 is 1.29 bits per heavy atom.